The Kier molecular flexibility index (Phi) is 4.61. The first kappa shape index (κ1) is 12.5. The Morgan fingerprint density at radius 3 is 2.33 bits per heavy atom. The fraction of sp³-hybridized carbons (Fsp3) is 0.200. The lowest BCUT2D eigenvalue weighted by molar-refractivity contribution is 0.138. The Hall–Kier alpha value is -2.00. The molecule has 0 saturated heterocycles. The fourth-order valence-electron chi connectivity index (χ4n) is 1.59. The molecule has 0 spiro atoms. The van der Waals surface area contributed by atoms with Crippen LogP contribution in [0.2, 0.25) is 0 Å². The molecule has 0 atom stereocenters. The number of benzene rings is 2. The highest BCUT2D eigenvalue weighted by Crippen LogP contribution is 2.14. The van der Waals surface area contributed by atoms with Crippen LogP contribution in [0.5, 0.6) is 5.75 Å². The van der Waals surface area contributed by atoms with Gasteiger partial charge in [-0.15, -0.1) is 0 Å². The number of rotatable bonds is 6. The van der Waals surface area contributed by atoms with E-state index in [1.165, 1.54) is 5.56 Å². The van der Waals surface area contributed by atoms with Crippen molar-refractivity contribution in [2.24, 2.45) is 0 Å². The Morgan fingerprint density at radius 2 is 1.67 bits per heavy atom. The summed E-state index contributed by atoms with van der Waals surface area (Å²) in [4.78, 5) is 0. The van der Waals surface area contributed by atoms with E-state index in [-0.39, 0.29) is 0 Å². The van der Waals surface area contributed by atoms with Gasteiger partial charge in [-0.2, -0.15) is 0 Å². The maximum Gasteiger partial charge on any atom is 0.119 e. The molecule has 2 aromatic carbocycles. The van der Waals surface area contributed by atoms with Crippen molar-refractivity contribution in [1.82, 2.24) is 0 Å². The lowest BCUT2D eigenvalue weighted by Crippen LogP contribution is -2.05. The Balaban J connectivity index is 1.72. The molecule has 0 aliphatic heterocycles. The molecule has 0 aliphatic carbocycles. The van der Waals surface area contributed by atoms with Crippen LogP contribution in [-0.2, 0) is 11.3 Å². The van der Waals surface area contributed by atoms with Crippen molar-refractivity contribution in [2.45, 2.75) is 6.61 Å². The second kappa shape index (κ2) is 6.67. The summed E-state index contributed by atoms with van der Waals surface area (Å²) in [5.41, 5.74) is 2.19. The van der Waals surface area contributed by atoms with Gasteiger partial charge in [-0.3, -0.25) is 0 Å². The molecule has 0 radical (unpaired) electrons. The molecule has 2 rings (SSSR count). The van der Waals surface area contributed by atoms with Crippen LogP contribution < -0.4 is 10.1 Å². The standard InChI is InChI=1S/C15H17NO2/c1-17-15-9-7-14(8-10-15)16-12-18-11-13-5-3-2-4-6-13/h2-10,16H,11-12H2,1H3. The van der Waals surface area contributed by atoms with Crippen LogP contribution in [-0.4, -0.2) is 13.8 Å². The normalized spacial score (nSPS) is 10.1. The first-order valence-electron chi connectivity index (χ1n) is 5.88. The van der Waals surface area contributed by atoms with Crippen molar-refractivity contribution < 1.29 is 9.47 Å². The van der Waals surface area contributed by atoms with Gasteiger partial charge in [-0.25, -0.2) is 0 Å². The van der Waals surface area contributed by atoms with E-state index < -0.39 is 0 Å². The second-order valence-electron chi connectivity index (χ2n) is 3.88. The van der Waals surface area contributed by atoms with Crippen molar-refractivity contribution >= 4 is 5.69 Å². The Morgan fingerprint density at radius 1 is 0.944 bits per heavy atom. The van der Waals surface area contributed by atoms with E-state index in [0.29, 0.717) is 13.3 Å². The van der Waals surface area contributed by atoms with Gasteiger partial charge in [0.15, 0.2) is 0 Å². The Labute approximate surface area is 107 Å². The largest absolute Gasteiger partial charge is 0.497 e. The summed E-state index contributed by atoms with van der Waals surface area (Å²) in [7, 11) is 1.66. The van der Waals surface area contributed by atoms with E-state index >= 15 is 0 Å². The highest BCUT2D eigenvalue weighted by Gasteiger charge is 1.94. The number of nitrogens with one attached hydrogen (secondary N) is 1. The van der Waals surface area contributed by atoms with E-state index in [1.807, 2.05) is 54.6 Å². The van der Waals surface area contributed by atoms with Gasteiger partial charge in [-0.05, 0) is 29.8 Å². The maximum absolute atomic E-state index is 5.54. The second-order valence-corrected chi connectivity index (χ2v) is 3.88. The Bertz CT molecular complexity index is 454. The van der Waals surface area contributed by atoms with Crippen molar-refractivity contribution in [3.8, 4) is 5.75 Å². The topological polar surface area (TPSA) is 30.5 Å². The number of anilines is 1. The third-order valence-corrected chi connectivity index (χ3v) is 2.58. The third kappa shape index (κ3) is 3.79. The molecule has 0 aromatic heterocycles. The summed E-state index contributed by atoms with van der Waals surface area (Å²) in [6, 6.07) is 17.9. The number of hydrogen-bond acceptors (Lipinski definition) is 3. The molecule has 0 unspecified atom stereocenters. The average molecular weight is 243 g/mol. The van der Waals surface area contributed by atoms with Crippen molar-refractivity contribution in [3.05, 3.63) is 60.2 Å². The monoisotopic (exact) mass is 243 g/mol. The molecule has 0 amide bonds. The van der Waals surface area contributed by atoms with E-state index in [2.05, 4.69) is 5.32 Å². The average Bonchev–Trinajstić information content (AvgIpc) is 2.45. The SMILES string of the molecule is COc1ccc(NCOCc2ccccc2)cc1. The first-order valence-corrected chi connectivity index (χ1v) is 5.88. The summed E-state index contributed by atoms with van der Waals surface area (Å²) >= 11 is 0. The van der Waals surface area contributed by atoms with Gasteiger partial charge in [-0.1, -0.05) is 30.3 Å². The zero-order chi connectivity index (χ0) is 12.6. The van der Waals surface area contributed by atoms with Gasteiger partial charge in [0.05, 0.1) is 13.7 Å². The molecule has 2 aromatic rings. The minimum atomic E-state index is 0.487. The highest BCUT2D eigenvalue weighted by molar-refractivity contribution is 5.45. The van der Waals surface area contributed by atoms with Gasteiger partial charge in [0.1, 0.15) is 12.5 Å². The van der Waals surface area contributed by atoms with Gasteiger partial charge in [0.25, 0.3) is 0 Å². The van der Waals surface area contributed by atoms with Crippen molar-refractivity contribution in [1.29, 1.82) is 0 Å². The highest BCUT2D eigenvalue weighted by atomic mass is 16.5. The van der Waals surface area contributed by atoms with Crippen LogP contribution in [0.4, 0.5) is 5.69 Å². The molecule has 94 valence electrons. The number of hydrogen-bond donors (Lipinski definition) is 1. The molecule has 3 nitrogen and oxygen atoms in total. The molecule has 0 aliphatic rings. The quantitative estimate of drug-likeness (QED) is 0.624. The number of methoxy groups -OCH3 is 1. The molecular formula is C15H17NO2. The van der Waals surface area contributed by atoms with Crippen LogP contribution in [0.15, 0.2) is 54.6 Å². The van der Waals surface area contributed by atoms with Gasteiger partial charge in [0.2, 0.25) is 0 Å². The predicted molar refractivity (Wildman–Crippen MR) is 72.7 cm³/mol. The molecule has 0 saturated carbocycles. The molecule has 0 fully saturated rings. The molecule has 0 heterocycles. The van der Waals surface area contributed by atoms with Crippen LogP contribution in [0.25, 0.3) is 0 Å². The summed E-state index contributed by atoms with van der Waals surface area (Å²) < 4.78 is 10.6. The summed E-state index contributed by atoms with van der Waals surface area (Å²) in [6.45, 7) is 1.10. The molecule has 18 heavy (non-hydrogen) atoms. The first-order chi connectivity index (χ1) is 8.88. The van der Waals surface area contributed by atoms with Gasteiger partial charge < -0.3 is 14.8 Å². The van der Waals surface area contributed by atoms with Gasteiger partial charge >= 0.3 is 0 Å². The maximum atomic E-state index is 5.54. The zero-order valence-corrected chi connectivity index (χ0v) is 10.4. The van der Waals surface area contributed by atoms with E-state index in [9.17, 15) is 0 Å². The molecule has 3 heteroatoms. The summed E-state index contributed by atoms with van der Waals surface area (Å²) in [6.07, 6.45) is 0. The predicted octanol–water partition coefficient (Wildman–Crippen LogP) is 3.28. The fourth-order valence-corrected chi connectivity index (χ4v) is 1.59. The summed E-state index contributed by atoms with van der Waals surface area (Å²) in [5.74, 6) is 0.853. The minimum Gasteiger partial charge on any atom is -0.497 e. The van der Waals surface area contributed by atoms with Crippen molar-refractivity contribution in [3.63, 3.8) is 0 Å². The lowest BCUT2D eigenvalue weighted by Gasteiger charge is -2.08. The minimum absolute atomic E-state index is 0.487. The van der Waals surface area contributed by atoms with E-state index in [0.717, 1.165) is 11.4 Å². The van der Waals surface area contributed by atoms with Crippen LogP contribution >= 0.6 is 0 Å². The van der Waals surface area contributed by atoms with E-state index in [4.69, 9.17) is 9.47 Å². The van der Waals surface area contributed by atoms with Crippen LogP contribution in [0.1, 0.15) is 5.56 Å². The van der Waals surface area contributed by atoms with Gasteiger partial charge in [0, 0.05) is 5.69 Å². The number of ether oxygens (including phenoxy) is 2. The molecular weight excluding hydrogens is 226 g/mol. The van der Waals surface area contributed by atoms with E-state index in [1.54, 1.807) is 7.11 Å². The smallest absolute Gasteiger partial charge is 0.119 e. The molecule has 1 N–H and O–H groups in total. The lowest BCUT2D eigenvalue weighted by atomic mass is 10.2. The van der Waals surface area contributed by atoms with Crippen molar-refractivity contribution in [2.75, 3.05) is 19.2 Å². The zero-order valence-electron chi connectivity index (χ0n) is 10.4. The molecule has 0 bridgehead atoms. The van der Waals surface area contributed by atoms with Crippen LogP contribution in [0.3, 0.4) is 0 Å². The summed E-state index contributed by atoms with van der Waals surface area (Å²) in [5, 5.41) is 3.19. The van der Waals surface area contributed by atoms with Crippen LogP contribution in [0, 0.1) is 0 Å². The third-order valence-electron chi connectivity index (χ3n) is 2.58.